The molecule has 1 aliphatic heterocycles. The molecule has 9 heteroatoms. The van der Waals surface area contributed by atoms with Crippen LogP contribution in [0.1, 0.15) is 21.5 Å². The molecule has 1 fully saturated rings. The van der Waals surface area contributed by atoms with E-state index in [1.54, 1.807) is 18.2 Å². The maximum absolute atomic E-state index is 12.6. The molecule has 1 amide bonds. The zero-order valence-corrected chi connectivity index (χ0v) is 14.9. The van der Waals surface area contributed by atoms with Gasteiger partial charge in [0.25, 0.3) is 5.91 Å². The summed E-state index contributed by atoms with van der Waals surface area (Å²) in [5.41, 5.74) is 0.406. The van der Waals surface area contributed by atoms with Crippen molar-refractivity contribution >= 4 is 43.3 Å². The van der Waals surface area contributed by atoms with Crippen molar-refractivity contribution in [2.24, 2.45) is 0 Å². The first-order chi connectivity index (χ1) is 10.9. The number of oxazole rings is 1. The Kier molecular flexibility index (Phi) is 4.48. The molecule has 2 aromatic rings. The normalized spacial score (nSPS) is 20.4. The standard InChI is InChI=1S/C14H12BrClN2O4S/c15-10-2-1-9(7-11(10)16)14(19)18-4-6-23(20,21)12(8-18)13-17-3-5-22-13/h1-3,5,7,12H,4,6,8H2. The van der Waals surface area contributed by atoms with Gasteiger partial charge in [-0.1, -0.05) is 11.6 Å². The maximum Gasteiger partial charge on any atom is 0.253 e. The van der Waals surface area contributed by atoms with Crippen LogP contribution in [0.3, 0.4) is 0 Å². The number of aromatic nitrogens is 1. The highest BCUT2D eigenvalue weighted by molar-refractivity contribution is 9.10. The van der Waals surface area contributed by atoms with Gasteiger partial charge in [-0.15, -0.1) is 0 Å². The van der Waals surface area contributed by atoms with E-state index in [1.165, 1.54) is 17.4 Å². The fourth-order valence-corrected chi connectivity index (χ4v) is 4.42. The van der Waals surface area contributed by atoms with E-state index in [1.807, 2.05) is 0 Å². The van der Waals surface area contributed by atoms with Crippen LogP contribution >= 0.6 is 27.5 Å². The molecule has 1 saturated heterocycles. The van der Waals surface area contributed by atoms with Crippen molar-refractivity contribution in [3.63, 3.8) is 0 Å². The summed E-state index contributed by atoms with van der Waals surface area (Å²) in [5.74, 6) is -0.294. The first-order valence-corrected chi connectivity index (χ1v) is 9.62. The highest BCUT2D eigenvalue weighted by Gasteiger charge is 2.39. The smallest absolute Gasteiger partial charge is 0.253 e. The maximum atomic E-state index is 12.6. The fourth-order valence-electron chi connectivity index (χ4n) is 2.41. The number of amides is 1. The molecule has 1 unspecified atom stereocenters. The van der Waals surface area contributed by atoms with Gasteiger partial charge < -0.3 is 9.32 Å². The largest absolute Gasteiger partial charge is 0.448 e. The van der Waals surface area contributed by atoms with Crippen molar-refractivity contribution in [3.05, 3.63) is 51.6 Å². The summed E-state index contributed by atoms with van der Waals surface area (Å²) in [6.07, 6.45) is 2.71. The lowest BCUT2D eigenvalue weighted by Gasteiger charge is -2.31. The van der Waals surface area contributed by atoms with E-state index in [-0.39, 0.29) is 30.6 Å². The number of nitrogens with zero attached hydrogens (tertiary/aromatic N) is 2. The third kappa shape index (κ3) is 3.29. The average Bonchev–Trinajstić information content (AvgIpc) is 3.03. The van der Waals surface area contributed by atoms with Crippen LogP contribution in [0.25, 0.3) is 0 Å². The summed E-state index contributed by atoms with van der Waals surface area (Å²) >= 11 is 9.28. The zero-order chi connectivity index (χ0) is 16.6. The van der Waals surface area contributed by atoms with Crippen LogP contribution in [-0.4, -0.2) is 43.1 Å². The van der Waals surface area contributed by atoms with Gasteiger partial charge in [0.2, 0.25) is 5.89 Å². The molecule has 2 heterocycles. The second-order valence-electron chi connectivity index (χ2n) is 5.11. The van der Waals surface area contributed by atoms with E-state index in [4.69, 9.17) is 16.0 Å². The van der Waals surface area contributed by atoms with Crippen molar-refractivity contribution in [3.8, 4) is 0 Å². The Balaban J connectivity index is 1.86. The van der Waals surface area contributed by atoms with Crippen LogP contribution in [0.5, 0.6) is 0 Å². The van der Waals surface area contributed by atoms with E-state index < -0.39 is 15.1 Å². The summed E-state index contributed by atoms with van der Waals surface area (Å²) in [7, 11) is -3.39. The van der Waals surface area contributed by atoms with Crippen molar-refractivity contribution < 1.29 is 17.6 Å². The number of hydrogen-bond donors (Lipinski definition) is 0. The van der Waals surface area contributed by atoms with E-state index in [2.05, 4.69) is 20.9 Å². The van der Waals surface area contributed by atoms with Crippen LogP contribution in [0.4, 0.5) is 0 Å². The van der Waals surface area contributed by atoms with Gasteiger partial charge in [-0.2, -0.15) is 0 Å². The van der Waals surface area contributed by atoms with E-state index in [0.29, 0.717) is 15.1 Å². The molecule has 1 aromatic heterocycles. The number of rotatable bonds is 2. The predicted octanol–water partition coefficient (Wildman–Crippen LogP) is 2.70. The number of carbonyl (C=O) groups is 1. The van der Waals surface area contributed by atoms with Crippen LogP contribution in [-0.2, 0) is 9.84 Å². The molecule has 0 saturated carbocycles. The molecule has 6 nitrogen and oxygen atoms in total. The molecule has 0 bridgehead atoms. The lowest BCUT2D eigenvalue weighted by atomic mass is 10.2. The van der Waals surface area contributed by atoms with Gasteiger partial charge in [0.1, 0.15) is 6.26 Å². The second-order valence-corrected chi connectivity index (χ2v) is 8.67. The second kappa shape index (κ2) is 6.26. The Labute approximate surface area is 146 Å². The molecule has 0 radical (unpaired) electrons. The zero-order valence-electron chi connectivity index (χ0n) is 11.8. The van der Waals surface area contributed by atoms with Crippen LogP contribution in [0.15, 0.2) is 39.5 Å². The quantitative estimate of drug-likeness (QED) is 0.747. The lowest BCUT2D eigenvalue weighted by Crippen LogP contribution is -2.45. The summed E-state index contributed by atoms with van der Waals surface area (Å²) < 4.78 is 30.2. The number of carbonyl (C=O) groups excluding carboxylic acids is 1. The Morgan fingerprint density at radius 2 is 2.22 bits per heavy atom. The van der Waals surface area contributed by atoms with Crippen LogP contribution < -0.4 is 0 Å². The summed E-state index contributed by atoms with van der Waals surface area (Å²) in [5, 5.41) is -0.522. The topological polar surface area (TPSA) is 80.5 Å². The third-order valence-corrected chi connectivity index (χ3v) is 6.85. The molecule has 0 aliphatic carbocycles. The first kappa shape index (κ1) is 16.5. The monoisotopic (exact) mass is 418 g/mol. The summed E-state index contributed by atoms with van der Waals surface area (Å²) in [6, 6.07) is 4.88. The Hall–Kier alpha value is -1.38. The number of halogens is 2. The predicted molar refractivity (Wildman–Crippen MR) is 88.1 cm³/mol. The minimum absolute atomic E-state index is 0.00929. The SMILES string of the molecule is O=C(c1ccc(Br)c(Cl)c1)N1CCS(=O)(=O)C(c2ncco2)C1. The molecule has 122 valence electrons. The minimum atomic E-state index is -3.39. The van der Waals surface area contributed by atoms with E-state index in [9.17, 15) is 13.2 Å². The molecule has 1 atom stereocenters. The molecule has 1 aliphatic rings. The Morgan fingerprint density at radius 3 is 2.87 bits per heavy atom. The highest BCUT2D eigenvalue weighted by Crippen LogP contribution is 2.29. The van der Waals surface area contributed by atoms with Gasteiger partial charge in [-0.3, -0.25) is 4.79 Å². The minimum Gasteiger partial charge on any atom is -0.448 e. The van der Waals surface area contributed by atoms with Crippen molar-refractivity contribution in [2.75, 3.05) is 18.8 Å². The van der Waals surface area contributed by atoms with Gasteiger partial charge in [0.15, 0.2) is 15.1 Å². The Bertz CT molecular complexity index is 838. The van der Waals surface area contributed by atoms with E-state index >= 15 is 0 Å². The van der Waals surface area contributed by atoms with Gasteiger partial charge in [0, 0.05) is 23.1 Å². The Morgan fingerprint density at radius 1 is 1.43 bits per heavy atom. The summed E-state index contributed by atoms with van der Waals surface area (Å²) in [6.45, 7) is 0.140. The summed E-state index contributed by atoms with van der Waals surface area (Å²) in [4.78, 5) is 18.0. The fraction of sp³-hybridized carbons (Fsp3) is 0.286. The molecule has 0 N–H and O–H groups in total. The van der Waals surface area contributed by atoms with Gasteiger partial charge in [-0.25, -0.2) is 13.4 Å². The average molecular weight is 420 g/mol. The van der Waals surface area contributed by atoms with E-state index in [0.717, 1.165) is 0 Å². The molecule has 1 aromatic carbocycles. The first-order valence-electron chi connectivity index (χ1n) is 6.74. The van der Waals surface area contributed by atoms with Gasteiger partial charge in [-0.05, 0) is 34.1 Å². The molecular formula is C14H12BrClN2O4S. The third-order valence-electron chi connectivity index (χ3n) is 3.65. The van der Waals surface area contributed by atoms with Crippen LogP contribution in [0, 0.1) is 0 Å². The van der Waals surface area contributed by atoms with Gasteiger partial charge in [0.05, 0.1) is 17.0 Å². The van der Waals surface area contributed by atoms with Crippen molar-refractivity contribution in [1.29, 1.82) is 0 Å². The number of benzene rings is 1. The van der Waals surface area contributed by atoms with Crippen molar-refractivity contribution in [1.82, 2.24) is 9.88 Å². The number of sulfone groups is 1. The lowest BCUT2D eigenvalue weighted by molar-refractivity contribution is 0.0755. The molecular weight excluding hydrogens is 408 g/mol. The van der Waals surface area contributed by atoms with Gasteiger partial charge >= 0.3 is 0 Å². The van der Waals surface area contributed by atoms with Crippen molar-refractivity contribution in [2.45, 2.75) is 5.25 Å². The highest BCUT2D eigenvalue weighted by atomic mass is 79.9. The molecule has 0 spiro atoms. The number of hydrogen-bond acceptors (Lipinski definition) is 5. The molecule has 3 rings (SSSR count). The van der Waals surface area contributed by atoms with Crippen LogP contribution in [0.2, 0.25) is 5.02 Å². The molecule has 23 heavy (non-hydrogen) atoms.